The van der Waals surface area contributed by atoms with E-state index in [0.29, 0.717) is 25.7 Å². The molecule has 0 saturated heterocycles. The van der Waals surface area contributed by atoms with Gasteiger partial charge in [0, 0.05) is 25.7 Å². The first-order valence-corrected chi connectivity index (χ1v) is 39.4. The van der Waals surface area contributed by atoms with E-state index >= 15 is 0 Å². The lowest BCUT2D eigenvalue weighted by molar-refractivity contribution is -0.161. The Morgan fingerprint density at radius 1 is 0.326 bits per heavy atom. The summed E-state index contributed by atoms with van der Waals surface area (Å²) in [4.78, 5) is 72.6. The van der Waals surface area contributed by atoms with Gasteiger partial charge >= 0.3 is 39.5 Å². The molecular formula is C70H136O17P2. The van der Waals surface area contributed by atoms with Gasteiger partial charge < -0.3 is 33.8 Å². The Bertz CT molecular complexity index is 1750. The molecule has 0 rings (SSSR count). The molecule has 0 saturated carbocycles. The molecule has 0 aromatic heterocycles. The standard InChI is InChI=1S/C70H136O17P2/c1-8-10-11-12-13-14-15-16-17-18-21-32-39-46-53-69(74)86-65(57-80-67(72)51-44-37-30-22-19-20-27-34-41-48-61(3)4)59-84-88(76,77)82-55-64(71)56-83-89(78,79)85-60-66(58-81-68(73)52-45-38-31-25-23-28-35-42-49-62(5)6)87-70(75)54-47-40-33-26-24-29-36-43-50-63(7)9-2/h61-66,71H,8-60H2,1-7H3,(H,76,77)(H,78,79)/t63?,64-,65-,66-/m1/s1. The number of phosphoric acid groups is 2. The van der Waals surface area contributed by atoms with E-state index in [1.165, 1.54) is 161 Å². The third-order valence-electron chi connectivity index (χ3n) is 16.5. The van der Waals surface area contributed by atoms with E-state index in [2.05, 4.69) is 48.5 Å². The summed E-state index contributed by atoms with van der Waals surface area (Å²) in [7, 11) is -9.90. The number of hydrogen-bond donors (Lipinski definition) is 3. The minimum atomic E-state index is -4.95. The van der Waals surface area contributed by atoms with Crippen molar-refractivity contribution in [3.8, 4) is 0 Å². The molecule has 0 aliphatic carbocycles. The molecule has 0 spiro atoms. The molecule has 0 aromatic rings. The highest BCUT2D eigenvalue weighted by atomic mass is 31.2. The molecule has 0 radical (unpaired) electrons. The highest BCUT2D eigenvalue weighted by Crippen LogP contribution is 2.45. The van der Waals surface area contributed by atoms with Crippen molar-refractivity contribution in [3.63, 3.8) is 0 Å². The van der Waals surface area contributed by atoms with E-state index in [4.69, 9.17) is 37.0 Å². The van der Waals surface area contributed by atoms with Gasteiger partial charge in [-0.15, -0.1) is 0 Å². The van der Waals surface area contributed by atoms with Crippen LogP contribution in [0.15, 0.2) is 0 Å². The van der Waals surface area contributed by atoms with E-state index in [1.54, 1.807) is 0 Å². The number of hydrogen-bond acceptors (Lipinski definition) is 15. The van der Waals surface area contributed by atoms with Gasteiger partial charge in [0.2, 0.25) is 0 Å². The Morgan fingerprint density at radius 3 is 0.854 bits per heavy atom. The van der Waals surface area contributed by atoms with Crippen molar-refractivity contribution in [2.45, 2.75) is 369 Å². The second-order valence-corrected chi connectivity index (χ2v) is 29.4. The van der Waals surface area contributed by atoms with Gasteiger partial charge in [-0.3, -0.25) is 37.3 Å². The Balaban J connectivity index is 5.27. The van der Waals surface area contributed by atoms with Crippen LogP contribution in [-0.2, 0) is 65.4 Å². The fourth-order valence-corrected chi connectivity index (χ4v) is 12.1. The van der Waals surface area contributed by atoms with Crippen LogP contribution in [-0.4, -0.2) is 96.7 Å². The van der Waals surface area contributed by atoms with Crippen LogP contribution in [0.4, 0.5) is 0 Å². The molecule has 0 amide bonds. The minimum absolute atomic E-state index is 0.104. The van der Waals surface area contributed by atoms with Crippen molar-refractivity contribution < 1.29 is 80.2 Å². The molecule has 0 heterocycles. The molecule has 6 atom stereocenters. The van der Waals surface area contributed by atoms with E-state index in [-0.39, 0.29) is 25.7 Å². The second kappa shape index (κ2) is 61.0. The topological polar surface area (TPSA) is 237 Å². The number of carbonyl (C=O) groups excluding carboxylic acids is 4. The number of rotatable bonds is 68. The molecule has 0 aliphatic heterocycles. The molecule has 3 N–H and O–H groups in total. The van der Waals surface area contributed by atoms with Gasteiger partial charge in [-0.2, -0.15) is 0 Å². The molecule has 528 valence electrons. The number of aliphatic hydroxyl groups excluding tert-OH is 1. The van der Waals surface area contributed by atoms with Crippen molar-refractivity contribution in [2.75, 3.05) is 39.6 Å². The first kappa shape index (κ1) is 87.1. The lowest BCUT2D eigenvalue weighted by Gasteiger charge is -2.21. The lowest BCUT2D eigenvalue weighted by Crippen LogP contribution is -2.30. The summed E-state index contributed by atoms with van der Waals surface area (Å²) >= 11 is 0. The normalized spacial score (nSPS) is 14.5. The van der Waals surface area contributed by atoms with Crippen LogP contribution < -0.4 is 0 Å². The van der Waals surface area contributed by atoms with Crippen molar-refractivity contribution >= 4 is 39.5 Å². The van der Waals surface area contributed by atoms with Crippen molar-refractivity contribution in [1.82, 2.24) is 0 Å². The summed E-state index contributed by atoms with van der Waals surface area (Å²) < 4.78 is 68.3. The average molecular weight is 1310 g/mol. The molecule has 0 fully saturated rings. The SMILES string of the molecule is CCCCCCCCCCCCCCCCC(=O)O[C@H](COC(=O)CCCCCCCCCCCC(C)C)COP(=O)(O)OC[C@@H](O)COP(=O)(O)OC[C@@H](COC(=O)CCCCCCCCCCC(C)C)OC(=O)CCCCCCCCCCC(C)CC. The van der Waals surface area contributed by atoms with E-state index in [9.17, 15) is 43.2 Å². The van der Waals surface area contributed by atoms with E-state index < -0.39 is 97.5 Å². The number of carbonyl (C=O) groups is 4. The largest absolute Gasteiger partial charge is 0.472 e. The lowest BCUT2D eigenvalue weighted by atomic mass is 9.99. The fraction of sp³-hybridized carbons (Fsp3) is 0.943. The van der Waals surface area contributed by atoms with Crippen molar-refractivity contribution in [3.05, 3.63) is 0 Å². The van der Waals surface area contributed by atoms with Crippen LogP contribution >= 0.6 is 15.6 Å². The zero-order valence-corrected chi connectivity index (χ0v) is 59.7. The van der Waals surface area contributed by atoms with Crippen molar-refractivity contribution in [2.24, 2.45) is 17.8 Å². The summed E-state index contributed by atoms with van der Waals surface area (Å²) in [6.45, 7) is 11.8. The first-order chi connectivity index (χ1) is 42.8. The Labute approximate surface area is 543 Å². The highest BCUT2D eigenvalue weighted by molar-refractivity contribution is 7.47. The highest BCUT2D eigenvalue weighted by Gasteiger charge is 2.30. The number of esters is 4. The number of ether oxygens (including phenoxy) is 4. The third-order valence-corrected chi connectivity index (χ3v) is 18.4. The molecule has 0 aliphatic rings. The fourth-order valence-electron chi connectivity index (χ4n) is 10.5. The molecule has 0 aromatic carbocycles. The summed E-state index contributed by atoms with van der Waals surface area (Å²) in [5.74, 6) is 0.113. The van der Waals surface area contributed by atoms with Crippen LogP contribution in [0.3, 0.4) is 0 Å². The molecule has 89 heavy (non-hydrogen) atoms. The van der Waals surface area contributed by atoms with Gasteiger partial charge in [0.05, 0.1) is 26.4 Å². The maximum Gasteiger partial charge on any atom is 0.472 e. The smallest absolute Gasteiger partial charge is 0.462 e. The third kappa shape index (κ3) is 63.2. The van der Waals surface area contributed by atoms with Gasteiger partial charge in [0.15, 0.2) is 12.2 Å². The Hall–Kier alpha value is -1.94. The monoisotopic (exact) mass is 1310 g/mol. The zero-order valence-electron chi connectivity index (χ0n) is 57.9. The Kier molecular flexibility index (Phi) is 59.6. The summed E-state index contributed by atoms with van der Waals surface area (Å²) in [5, 5.41) is 10.6. The molecule has 3 unspecified atom stereocenters. The van der Waals surface area contributed by atoms with Crippen LogP contribution in [0, 0.1) is 17.8 Å². The molecule has 17 nitrogen and oxygen atoms in total. The maximum absolute atomic E-state index is 13.0. The summed E-state index contributed by atoms with van der Waals surface area (Å²) in [6, 6.07) is 0. The molecule has 19 heteroatoms. The number of phosphoric ester groups is 2. The minimum Gasteiger partial charge on any atom is -0.462 e. The second-order valence-electron chi connectivity index (χ2n) is 26.5. The van der Waals surface area contributed by atoms with Gasteiger partial charge in [0.1, 0.15) is 19.3 Å². The van der Waals surface area contributed by atoms with Gasteiger partial charge in [-0.25, -0.2) is 9.13 Å². The number of unbranched alkanes of at least 4 members (excludes halogenated alkanes) is 35. The predicted octanol–water partition coefficient (Wildman–Crippen LogP) is 19.8. The molecular weight excluding hydrogens is 1170 g/mol. The summed E-state index contributed by atoms with van der Waals surface area (Å²) in [5.41, 5.74) is 0. The van der Waals surface area contributed by atoms with Gasteiger partial charge in [0.25, 0.3) is 0 Å². The van der Waals surface area contributed by atoms with Crippen molar-refractivity contribution in [1.29, 1.82) is 0 Å². The predicted molar refractivity (Wildman–Crippen MR) is 358 cm³/mol. The van der Waals surface area contributed by atoms with Gasteiger partial charge in [-0.05, 0) is 43.4 Å². The van der Waals surface area contributed by atoms with Gasteiger partial charge in [-0.1, -0.05) is 299 Å². The summed E-state index contributed by atoms with van der Waals surface area (Å²) in [6.07, 6.45) is 44.3. The van der Waals surface area contributed by atoms with E-state index in [1.807, 2.05) is 0 Å². The number of aliphatic hydroxyl groups is 1. The average Bonchev–Trinajstić information content (AvgIpc) is 3.53. The molecule has 0 bridgehead atoms. The zero-order chi connectivity index (χ0) is 65.9. The van der Waals surface area contributed by atoms with Crippen LogP contribution in [0.25, 0.3) is 0 Å². The quantitative estimate of drug-likeness (QED) is 0.0222. The maximum atomic E-state index is 13.0. The van der Waals surface area contributed by atoms with Crippen LogP contribution in [0.1, 0.15) is 350 Å². The Morgan fingerprint density at radius 2 is 0.573 bits per heavy atom. The first-order valence-electron chi connectivity index (χ1n) is 36.4. The van der Waals surface area contributed by atoms with Crippen LogP contribution in [0.5, 0.6) is 0 Å². The van der Waals surface area contributed by atoms with Crippen LogP contribution in [0.2, 0.25) is 0 Å². The van der Waals surface area contributed by atoms with E-state index in [0.717, 1.165) is 108 Å².